The van der Waals surface area contributed by atoms with E-state index >= 15 is 0 Å². The molecular weight excluding hydrogens is 170 g/mol. The average Bonchev–Trinajstić information content (AvgIpc) is 2.30. The third-order valence-corrected chi connectivity index (χ3v) is 2.01. The van der Waals surface area contributed by atoms with Gasteiger partial charge in [0, 0.05) is 11.8 Å². The van der Waals surface area contributed by atoms with Crippen molar-refractivity contribution >= 4 is 5.57 Å². The zero-order valence-corrected chi connectivity index (χ0v) is 7.77. The van der Waals surface area contributed by atoms with E-state index < -0.39 is 0 Å². The van der Waals surface area contributed by atoms with E-state index in [-0.39, 0.29) is 0 Å². The van der Waals surface area contributed by atoms with Crippen LogP contribution in [0.5, 0.6) is 0 Å². The molecule has 0 bridgehead atoms. The highest BCUT2D eigenvalue weighted by Crippen LogP contribution is 2.17. The fraction of sp³-hybridized carbons (Fsp3) is 0. The third kappa shape index (κ3) is 1.72. The zero-order chi connectivity index (χ0) is 9.80. The molecule has 0 atom stereocenters. The number of hydrogen-bond donors (Lipinski definition) is 0. The van der Waals surface area contributed by atoms with Gasteiger partial charge in [0.05, 0.1) is 5.69 Å². The Morgan fingerprint density at radius 1 is 1.14 bits per heavy atom. The van der Waals surface area contributed by atoms with Crippen LogP contribution in [0.3, 0.4) is 0 Å². The molecule has 0 amide bonds. The largest absolute Gasteiger partial charge is 0.256 e. The van der Waals surface area contributed by atoms with Crippen molar-refractivity contribution in [2.24, 2.45) is 0 Å². The first-order valence-electron chi connectivity index (χ1n) is 4.45. The summed E-state index contributed by atoms with van der Waals surface area (Å²) in [5, 5.41) is 0. The van der Waals surface area contributed by atoms with Crippen LogP contribution in [0, 0.1) is 6.07 Å². The molecule has 1 nitrogen and oxygen atoms in total. The monoisotopic (exact) mass is 180 g/mol. The van der Waals surface area contributed by atoms with Crippen molar-refractivity contribution in [3.05, 3.63) is 72.6 Å². The van der Waals surface area contributed by atoms with E-state index in [4.69, 9.17) is 0 Å². The smallest absolute Gasteiger partial charge is 0.0702 e. The van der Waals surface area contributed by atoms with Gasteiger partial charge in [-0.3, -0.25) is 4.98 Å². The summed E-state index contributed by atoms with van der Waals surface area (Å²) in [5.41, 5.74) is 2.80. The highest BCUT2D eigenvalue weighted by atomic mass is 14.7. The lowest BCUT2D eigenvalue weighted by atomic mass is 10.0. The summed E-state index contributed by atoms with van der Waals surface area (Å²) in [4.78, 5) is 4.24. The van der Waals surface area contributed by atoms with Gasteiger partial charge >= 0.3 is 0 Å². The average molecular weight is 180 g/mol. The summed E-state index contributed by atoms with van der Waals surface area (Å²) in [6.07, 6.45) is 1.77. The first kappa shape index (κ1) is 8.70. The molecule has 1 aromatic heterocycles. The van der Waals surface area contributed by atoms with Crippen LogP contribution < -0.4 is 0 Å². The minimum Gasteiger partial charge on any atom is -0.256 e. The molecule has 0 unspecified atom stereocenters. The first-order valence-corrected chi connectivity index (χ1v) is 4.45. The normalized spacial score (nSPS) is 9.71. The quantitative estimate of drug-likeness (QED) is 0.692. The number of rotatable bonds is 2. The molecule has 2 rings (SSSR count). The molecule has 1 radical (unpaired) electrons. The summed E-state index contributed by atoms with van der Waals surface area (Å²) in [6, 6.07) is 16.7. The molecule has 0 aliphatic heterocycles. The van der Waals surface area contributed by atoms with Crippen LogP contribution in [0.2, 0.25) is 0 Å². The molecule has 0 aliphatic carbocycles. The van der Waals surface area contributed by atoms with Crippen LogP contribution in [-0.4, -0.2) is 4.98 Å². The number of pyridine rings is 1. The second-order valence-corrected chi connectivity index (χ2v) is 2.97. The molecule has 2 aromatic rings. The fourth-order valence-corrected chi connectivity index (χ4v) is 1.26. The van der Waals surface area contributed by atoms with Crippen LogP contribution in [0.4, 0.5) is 0 Å². The minimum atomic E-state index is 0.898. The molecule has 1 aromatic carbocycles. The summed E-state index contributed by atoms with van der Waals surface area (Å²) in [7, 11) is 0. The topological polar surface area (TPSA) is 12.9 Å². The molecule has 0 spiro atoms. The van der Waals surface area contributed by atoms with Gasteiger partial charge in [-0.15, -0.1) is 0 Å². The van der Waals surface area contributed by atoms with Crippen molar-refractivity contribution in [2.75, 3.05) is 0 Å². The summed E-state index contributed by atoms with van der Waals surface area (Å²) in [5.74, 6) is 0. The highest BCUT2D eigenvalue weighted by Gasteiger charge is 2.01. The van der Waals surface area contributed by atoms with Crippen LogP contribution in [0.15, 0.2) is 55.2 Å². The third-order valence-electron chi connectivity index (χ3n) is 2.01. The molecule has 0 saturated carbocycles. The highest BCUT2D eigenvalue weighted by molar-refractivity contribution is 5.75. The maximum absolute atomic E-state index is 4.24. The van der Waals surface area contributed by atoms with Crippen LogP contribution in [0.25, 0.3) is 5.57 Å². The fourth-order valence-electron chi connectivity index (χ4n) is 1.26. The van der Waals surface area contributed by atoms with Crippen LogP contribution >= 0.6 is 0 Å². The lowest BCUT2D eigenvalue weighted by molar-refractivity contribution is 1.27. The van der Waals surface area contributed by atoms with E-state index in [1.807, 2.05) is 42.5 Å². The molecule has 1 heteroatoms. The summed E-state index contributed by atoms with van der Waals surface area (Å²) in [6.45, 7) is 4.00. The van der Waals surface area contributed by atoms with Gasteiger partial charge in [0.25, 0.3) is 0 Å². The van der Waals surface area contributed by atoms with Crippen molar-refractivity contribution in [1.29, 1.82) is 0 Å². The number of nitrogens with zero attached hydrogens (tertiary/aromatic N) is 1. The zero-order valence-electron chi connectivity index (χ0n) is 7.77. The molecule has 0 fully saturated rings. The number of benzene rings is 1. The maximum atomic E-state index is 4.24. The molecule has 0 N–H and O–H groups in total. The Labute approximate surface area is 83.7 Å². The van der Waals surface area contributed by atoms with E-state index in [1.54, 1.807) is 6.20 Å². The second kappa shape index (κ2) is 3.88. The number of hydrogen-bond acceptors (Lipinski definition) is 1. The Kier molecular flexibility index (Phi) is 2.41. The van der Waals surface area contributed by atoms with E-state index in [2.05, 4.69) is 17.6 Å². The minimum absolute atomic E-state index is 0.898. The second-order valence-electron chi connectivity index (χ2n) is 2.97. The van der Waals surface area contributed by atoms with Crippen LogP contribution in [0.1, 0.15) is 11.3 Å². The summed E-state index contributed by atoms with van der Waals surface area (Å²) < 4.78 is 0. The van der Waals surface area contributed by atoms with E-state index in [0.29, 0.717) is 0 Å². The van der Waals surface area contributed by atoms with Gasteiger partial charge in [0.15, 0.2) is 0 Å². The van der Waals surface area contributed by atoms with E-state index in [9.17, 15) is 0 Å². The Bertz CT molecular complexity index is 376. The van der Waals surface area contributed by atoms with E-state index in [1.165, 1.54) is 0 Å². The SMILES string of the molecule is C=C(c1[c]cccc1)c1ccccn1. The lowest BCUT2D eigenvalue weighted by Gasteiger charge is -2.03. The van der Waals surface area contributed by atoms with Gasteiger partial charge in [-0.1, -0.05) is 36.9 Å². The molecular formula is C13H10N. The Hall–Kier alpha value is -1.89. The summed E-state index contributed by atoms with van der Waals surface area (Å²) >= 11 is 0. The molecule has 0 saturated heterocycles. The number of aromatic nitrogens is 1. The predicted octanol–water partition coefficient (Wildman–Crippen LogP) is 2.94. The molecule has 0 aliphatic rings. The van der Waals surface area contributed by atoms with Crippen molar-refractivity contribution in [3.8, 4) is 0 Å². The van der Waals surface area contributed by atoms with Crippen molar-refractivity contribution in [1.82, 2.24) is 4.98 Å². The first-order chi connectivity index (χ1) is 6.88. The van der Waals surface area contributed by atoms with Crippen LogP contribution in [-0.2, 0) is 0 Å². The van der Waals surface area contributed by atoms with Gasteiger partial charge in [0.1, 0.15) is 0 Å². The lowest BCUT2D eigenvalue weighted by Crippen LogP contribution is -1.88. The Balaban J connectivity index is 2.35. The van der Waals surface area contributed by atoms with Crippen molar-refractivity contribution < 1.29 is 0 Å². The Morgan fingerprint density at radius 2 is 2.00 bits per heavy atom. The maximum Gasteiger partial charge on any atom is 0.0702 e. The predicted molar refractivity (Wildman–Crippen MR) is 57.7 cm³/mol. The molecule has 14 heavy (non-hydrogen) atoms. The van der Waals surface area contributed by atoms with E-state index in [0.717, 1.165) is 16.8 Å². The van der Waals surface area contributed by atoms with Gasteiger partial charge in [-0.05, 0) is 23.8 Å². The van der Waals surface area contributed by atoms with Gasteiger partial charge in [-0.2, -0.15) is 0 Å². The Morgan fingerprint density at radius 3 is 2.64 bits per heavy atom. The van der Waals surface area contributed by atoms with Crippen molar-refractivity contribution in [2.45, 2.75) is 0 Å². The van der Waals surface area contributed by atoms with Crippen molar-refractivity contribution in [3.63, 3.8) is 0 Å². The van der Waals surface area contributed by atoms with Gasteiger partial charge in [-0.25, -0.2) is 0 Å². The molecule has 1 heterocycles. The standard InChI is InChI=1S/C13H10N/c1-11(12-7-3-2-4-8-12)13-9-5-6-10-14-13/h2-7,9-10H,1H2. The van der Waals surface area contributed by atoms with Gasteiger partial charge in [0.2, 0.25) is 0 Å². The van der Waals surface area contributed by atoms with Gasteiger partial charge < -0.3 is 0 Å². The molecule has 67 valence electrons.